The molecule has 0 spiro atoms. The summed E-state index contributed by atoms with van der Waals surface area (Å²) in [4.78, 5) is 18.0. The summed E-state index contributed by atoms with van der Waals surface area (Å²) in [7, 11) is 5.43. The number of hydrogen-bond donors (Lipinski definition) is 3. The number of halogens is 1. The Balaban J connectivity index is 1.82. The van der Waals surface area contributed by atoms with Gasteiger partial charge in [-0.25, -0.2) is 4.39 Å². The number of rotatable bonds is 8. The van der Waals surface area contributed by atoms with Gasteiger partial charge in [0.15, 0.2) is 5.96 Å². The topological polar surface area (TPSA) is 68.8 Å². The average molecular weight is 400 g/mol. The Morgan fingerprint density at radius 2 is 1.93 bits per heavy atom. The Kier molecular flexibility index (Phi) is 8.61. The van der Waals surface area contributed by atoms with Gasteiger partial charge in [0.05, 0.1) is 6.54 Å². The van der Waals surface area contributed by atoms with E-state index in [2.05, 4.69) is 20.9 Å². The van der Waals surface area contributed by atoms with E-state index >= 15 is 0 Å². The third-order valence-electron chi connectivity index (χ3n) is 4.35. The lowest BCUT2D eigenvalue weighted by atomic mass is 10.1. The third-order valence-corrected chi connectivity index (χ3v) is 4.35. The largest absolute Gasteiger partial charge is 0.356 e. The van der Waals surface area contributed by atoms with Crippen molar-refractivity contribution in [1.29, 1.82) is 0 Å². The number of aryl methyl sites for hydroxylation is 1. The summed E-state index contributed by atoms with van der Waals surface area (Å²) in [6, 6.07) is 12.6. The van der Waals surface area contributed by atoms with Crippen LogP contribution in [-0.2, 0) is 17.8 Å². The van der Waals surface area contributed by atoms with Crippen LogP contribution in [0.5, 0.6) is 0 Å². The minimum atomic E-state index is -0.211. The molecule has 0 saturated heterocycles. The summed E-state index contributed by atoms with van der Waals surface area (Å²) in [6.07, 6.45) is 0.778. The van der Waals surface area contributed by atoms with Gasteiger partial charge in [0.25, 0.3) is 0 Å². The number of nitrogens with one attached hydrogen (secondary N) is 3. The van der Waals surface area contributed by atoms with Crippen LogP contribution < -0.4 is 16.0 Å². The number of guanidine groups is 1. The SMILES string of the molecule is CN=C(NCCc1ccc(F)cc1C)NCc1cccc(NC(=O)CN(C)C)c1. The minimum Gasteiger partial charge on any atom is -0.356 e. The maximum Gasteiger partial charge on any atom is 0.238 e. The molecular weight excluding hydrogens is 369 g/mol. The maximum atomic E-state index is 13.2. The molecule has 156 valence electrons. The van der Waals surface area contributed by atoms with Gasteiger partial charge < -0.3 is 20.9 Å². The molecule has 0 heterocycles. The van der Waals surface area contributed by atoms with Crippen molar-refractivity contribution >= 4 is 17.6 Å². The van der Waals surface area contributed by atoms with E-state index in [1.54, 1.807) is 13.1 Å². The van der Waals surface area contributed by atoms with Gasteiger partial charge in [-0.1, -0.05) is 18.2 Å². The number of carbonyl (C=O) groups is 1. The fourth-order valence-corrected chi connectivity index (χ4v) is 2.91. The van der Waals surface area contributed by atoms with Gasteiger partial charge in [-0.3, -0.25) is 9.79 Å². The normalized spacial score (nSPS) is 11.4. The predicted octanol–water partition coefficient (Wildman–Crippen LogP) is 2.54. The van der Waals surface area contributed by atoms with Crippen molar-refractivity contribution in [2.75, 3.05) is 39.5 Å². The molecule has 0 aliphatic heterocycles. The van der Waals surface area contributed by atoms with Gasteiger partial charge in [-0.2, -0.15) is 0 Å². The molecule has 6 nitrogen and oxygen atoms in total. The second-order valence-electron chi connectivity index (χ2n) is 7.16. The molecule has 0 bridgehead atoms. The fraction of sp³-hybridized carbons (Fsp3) is 0.364. The molecule has 0 atom stereocenters. The van der Waals surface area contributed by atoms with Gasteiger partial charge in [0, 0.05) is 25.8 Å². The van der Waals surface area contributed by atoms with Crippen molar-refractivity contribution in [3.05, 3.63) is 65.0 Å². The Morgan fingerprint density at radius 3 is 2.62 bits per heavy atom. The lowest BCUT2D eigenvalue weighted by molar-refractivity contribution is -0.116. The van der Waals surface area contributed by atoms with Crippen LogP contribution in [0.2, 0.25) is 0 Å². The summed E-state index contributed by atoms with van der Waals surface area (Å²) < 4.78 is 13.2. The quantitative estimate of drug-likeness (QED) is 0.471. The minimum absolute atomic E-state index is 0.0475. The van der Waals surface area contributed by atoms with E-state index in [4.69, 9.17) is 0 Å². The molecular formula is C22H30FN5O. The molecule has 0 fully saturated rings. The van der Waals surface area contributed by atoms with Crippen molar-refractivity contribution in [1.82, 2.24) is 15.5 Å². The highest BCUT2D eigenvalue weighted by Crippen LogP contribution is 2.11. The van der Waals surface area contributed by atoms with Crippen LogP contribution in [-0.4, -0.2) is 51.0 Å². The highest BCUT2D eigenvalue weighted by atomic mass is 19.1. The molecule has 7 heteroatoms. The van der Waals surface area contributed by atoms with Crippen LogP contribution in [0.15, 0.2) is 47.5 Å². The van der Waals surface area contributed by atoms with Crippen LogP contribution in [0.3, 0.4) is 0 Å². The molecule has 1 amide bonds. The molecule has 2 aromatic rings. The first-order valence-corrected chi connectivity index (χ1v) is 9.60. The number of aliphatic imine (C=N–C) groups is 1. The molecule has 0 aromatic heterocycles. The standard InChI is InChI=1S/C22H30FN5O/c1-16-12-19(23)9-8-18(16)10-11-25-22(24-2)26-14-17-6-5-7-20(13-17)27-21(29)15-28(3)4/h5-9,12-13H,10-11,14-15H2,1-4H3,(H,27,29)(H2,24,25,26). The molecule has 2 aromatic carbocycles. The number of carbonyl (C=O) groups excluding carboxylic acids is 1. The van der Waals surface area contributed by atoms with E-state index in [9.17, 15) is 9.18 Å². The van der Waals surface area contributed by atoms with Crippen LogP contribution in [0, 0.1) is 12.7 Å². The molecule has 0 radical (unpaired) electrons. The Hall–Kier alpha value is -2.93. The molecule has 3 N–H and O–H groups in total. The number of amides is 1. The molecule has 0 unspecified atom stereocenters. The third kappa shape index (κ3) is 7.91. The van der Waals surface area contributed by atoms with Crippen LogP contribution in [0.1, 0.15) is 16.7 Å². The highest BCUT2D eigenvalue weighted by molar-refractivity contribution is 5.92. The van der Waals surface area contributed by atoms with E-state index in [1.807, 2.05) is 56.3 Å². The van der Waals surface area contributed by atoms with E-state index in [1.165, 1.54) is 6.07 Å². The summed E-state index contributed by atoms with van der Waals surface area (Å²) in [6.45, 7) is 3.52. The molecule has 0 aliphatic rings. The summed E-state index contributed by atoms with van der Waals surface area (Å²) >= 11 is 0. The Bertz CT molecular complexity index is 851. The van der Waals surface area contributed by atoms with Crippen molar-refractivity contribution in [3.8, 4) is 0 Å². The summed E-state index contributed by atoms with van der Waals surface area (Å²) in [5, 5.41) is 9.43. The Labute approximate surface area is 172 Å². The van der Waals surface area contributed by atoms with E-state index < -0.39 is 0 Å². The second kappa shape index (κ2) is 11.2. The average Bonchev–Trinajstić information content (AvgIpc) is 2.65. The first-order chi connectivity index (χ1) is 13.9. The summed E-state index contributed by atoms with van der Waals surface area (Å²) in [5.41, 5.74) is 3.86. The van der Waals surface area contributed by atoms with Gasteiger partial charge in [-0.15, -0.1) is 0 Å². The van der Waals surface area contributed by atoms with Crippen LogP contribution in [0.25, 0.3) is 0 Å². The first-order valence-electron chi connectivity index (χ1n) is 9.60. The number of anilines is 1. The van der Waals surface area contributed by atoms with Crippen molar-refractivity contribution in [3.63, 3.8) is 0 Å². The smallest absolute Gasteiger partial charge is 0.238 e. The van der Waals surface area contributed by atoms with Gasteiger partial charge in [-0.05, 0) is 68.4 Å². The first kappa shape index (κ1) is 22.4. The predicted molar refractivity (Wildman–Crippen MR) is 117 cm³/mol. The van der Waals surface area contributed by atoms with Crippen LogP contribution >= 0.6 is 0 Å². The second-order valence-corrected chi connectivity index (χ2v) is 7.16. The molecule has 29 heavy (non-hydrogen) atoms. The van der Waals surface area contributed by atoms with Crippen molar-refractivity contribution in [2.24, 2.45) is 4.99 Å². The molecule has 2 rings (SSSR count). The van der Waals surface area contributed by atoms with E-state index in [-0.39, 0.29) is 11.7 Å². The fourth-order valence-electron chi connectivity index (χ4n) is 2.91. The van der Waals surface area contributed by atoms with Crippen molar-refractivity contribution < 1.29 is 9.18 Å². The van der Waals surface area contributed by atoms with Gasteiger partial charge in [0.1, 0.15) is 5.82 Å². The van der Waals surface area contributed by atoms with E-state index in [0.717, 1.165) is 28.8 Å². The number of benzene rings is 2. The monoisotopic (exact) mass is 399 g/mol. The van der Waals surface area contributed by atoms with E-state index in [0.29, 0.717) is 25.6 Å². The number of nitrogens with zero attached hydrogens (tertiary/aromatic N) is 2. The van der Waals surface area contributed by atoms with Gasteiger partial charge in [0.2, 0.25) is 5.91 Å². The van der Waals surface area contributed by atoms with Crippen LogP contribution in [0.4, 0.5) is 10.1 Å². The molecule has 0 saturated carbocycles. The number of likely N-dealkylation sites (N-methyl/N-ethyl adjacent to an activating group) is 1. The zero-order chi connectivity index (χ0) is 21.2. The lowest BCUT2D eigenvalue weighted by Gasteiger charge is -2.14. The lowest BCUT2D eigenvalue weighted by Crippen LogP contribution is -2.37. The van der Waals surface area contributed by atoms with Crippen molar-refractivity contribution in [2.45, 2.75) is 19.9 Å². The maximum absolute atomic E-state index is 13.2. The zero-order valence-corrected chi connectivity index (χ0v) is 17.6. The highest BCUT2D eigenvalue weighted by Gasteiger charge is 2.05. The Morgan fingerprint density at radius 1 is 1.14 bits per heavy atom. The zero-order valence-electron chi connectivity index (χ0n) is 17.6. The summed E-state index contributed by atoms with van der Waals surface area (Å²) in [5.74, 6) is 0.428. The molecule has 0 aliphatic carbocycles. The number of hydrogen-bond acceptors (Lipinski definition) is 3. The van der Waals surface area contributed by atoms with Gasteiger partial charge >= 0.3 is 0 Å².